The molecular formula is C14H21FN2O2. The highest BCUT2D eigenvalue weighted by Crippen LogP contribution is 2.18. The molecular weight excluding hydrogens is 247 g/mol. The average molecular weight is 268 g/mol. The summed E-state index contributed by atoms with van der Waals surface area (Å²) in [7, 11) is 0. The number of β-amino-alcohol motifs (C(OH)–C–C–N with tert-alkyl or cyclic N) is 1. The highest BCUT2D eigenvalue weighted by molar-refractivity contribution is 5.10. The molecule has 19 heavy (non-hydrogen) atoms. The van der Waals surface area contributed by atoms with Crippen LogP contribution in [0, 0.1) is 5.95 Å². The Bertz CT molecular complexity index is 412. The van der Waals surface area contributed by atoms with Gasteiger partial charge in [0, 0.05) is 25.7 Å². The topological polar surface area (TPSA) is 45.6 Å². The standard InChI is InChI=1S/C14H21FN2O2/c1-14(2,18)10-17-8-6-11(7-9-17)19-13-5-3-4-12(15)16-13/h3-5,11,18H,6-10H2,1-2H3. The molecule has 0 aromatic carbocycles. The lowest BCUT2D eigenvalue weighted by Gasteiger charge is -2.35. The normalized spacial score (nSPS) is 18.5. The van der Waals surface area contributed by atoms with E-state index >= 15 is 0 Å². The molecule has 4 nitrogen and oxygen atoms in total. The van der Waals surface area contributed by atoms with Crippen molar-refractivity contribution in [3.63, 3.8) is 0 Å². The van der Waals surface area contributed by atoms with E-state index in [4.69, 9.17) is 4.74 Å². The Hall–Kier alpha value is -1.20. The van der Waals surface area contributed by atoms with Gasteiger partial charge in [-0.05, 0) is 32.8 Å². The van der Waals surface area contributed by atoms with Crippen LogP contribution in [0.3, 0.4) is 0 Å². The fourth-order valence-electron chi connectivity index (χ4n) is 2.36. The van der Waals surface area contributed by atoms with Gasteiger partial charge in [-0.2, -0.15) is 9.37 Å². The Kier molecular flexibility index (Phi) is 4.37. The summed E-state index contributed by atoms with van der Waals surface area (Å²) in [5, 5.41) is 9.78. The summed E-state index contributed by atoms with van der Waals surface area (Å²) >= 11 is 0. The van der Waals surface area contributed by atoms with E-state index in [2.05, 4.69) is 9.88 Å². The van der Waals surface area contributed by atoms with Crippen LogP contribution in [0.5, 0.6) is 5.88 Å². The van der Waals surface area contributed by atoms with Crippen LogP contribution >= 0.6 is 0 Å². The van der Waals surface area contributed by atoms with Gasteiger partial charge in [0.2, 0.25) is 11.8 Å². The molecule has 0 bridgehead atoms. The van der Waals surface area contributed by atoms with Crippen LogP contribution in [-0.4, -0.2) is 46.3 Å². The SMILES string of the molecule is CC(C)(O)CN1CCC(Oc2cccc(F)n2)CC1. The van der Waals surface area contributed by atoms with Gasteiger partial charge in [0.15, 0.2) is 0 Å². The Labute approximate surface area is 113 Å². The van der Waals surface area contributed by atoms with Crippen LogP contribution in [0.4, 0.5) is 4.39 Å². The predicted molar refractivity (Wildman–Crippen MR) is 70.6 cm³/mol. The number of ether oxygens (including phenoxy) is 1. The van der Waals surface area contributed by atoms with E-state index in [9.17, 15) is 9.50 Å². The molecule has 0 unspecified atom stereocenters. The second-order valence-electron chi connectivity index (χ2n) is 5.70. The Morgan fingerprint density at radius 3 is 2.68 bits per heavy atom. The third-order valence-corrected chi connectivity index (χ3v) is 3.12. The molecule has 0 aliphatic carbocycles. The molecule has 1 N–H and O–H groups in total. The van der Waals surface area contributed by atoms with Crippen molar-refractivity contribution in [3.05, 3.63) is 24.1 Å². The fourth-order valence-corrected chi connectivity index (χ4v) is 2.36. The molecule has 1 aromatic heterocycles. The molecule has 106 valence electrons. The third kappa shape index (κ3) is 4.76. The minimum Gasteiger partial charge on any atom is -0.474 e. The van der Waals surface area contributed by atoms with Crippen molar-refractivity contribution in [2.75, 3.05) is 19.6 Å². The summed E-state index contributed by atoms with van der Waals surface area (Å²) < 4.78 is 18.6. The van der Waals surface area contributed by atoms with Crippen LogP contribution in [0.2, 0.25) is 0 Å². The average Bonchev–Trinajstić information content (AvgIpc) is 2.30. The van der Waals surface area contributed by atoms with Crippen molar-refractivity contribution in [3.8, 4) is 5.88 Å². The molecule has 1 saturated heterocycles. The van der Waals surface area contributed by atoms with E-state index in [0.717, 1.165) is 25.9 Å². The first-order valence-electron chi connectivity index (χ1n) is 6.66. The molecule has 2 rings (SSSR count). The molecule has 1 fully saturated rings. The monoisotopic (exact) mass is 268 g/mol. The summed E-state index contributed by atoms with van der Waals surface area (Å²) in [6.07, 6.45) is 1.81. The molecule has 0 atom stereocenters. The zero-order valence-electron chi connectivity index (χ0n) is 11.5. The van der Waals surface area contributed by atoms with Crippen molar-refractivity contribution < 1.29 is 14.2 Å². The lowest BCUT2D eigenvalue weighted by Crippen LogP contribution is -2.45. The van der Waals surface area contributed by atoms with E-state index in [1.165, 1.54) is 6.07 Å². The summed E-state index contributed by atoms with van der Waals surface area (Å²) in [5.41, 5.74) is -0.669. The number of nitrogens with zero attached hydrogens (tertiary/aromatic N) is 2. The van der Waals surface area contributed by atoms with Gasteiger partial charge in [-0.3, -0.25) is 0 Å². The number of hydrogen-bond donors (Lipinski definition) is 1. The number of pyridine rings is 1. The number of aliphatic hydroxyl groups is 1. The number of likely N-dealkylation sites (tertiary alicyclic amines) is 1. The fraction of sp³-hybridized carbons (Fsp3) is 0.643. The largest absolute Gasteiger partial charge is 0.474 e. The first-order valence-corrected chi connectivity index (χ1v) is 6.66. The molecule has 1 aliphatic rings. The predicted octanol–water partition coefficient (Wildman–Crippen LogP) is 1.83. The lowest BCUT2D eigenvalue weighted by atomic mass is 10.0. The van der Waals surface area contributed by atoms with Crippen LogP contribution < -0.4 is 4.74 Å². The van der Waals surface area contributed by atoms with Crippen molar-refractivity contribution >= 4 is 0 Å². The molecule has 0 spiro atoms. The van der Waals surface area contributed by atoms with Crippen molar-refractivity contribution in [1.29, 1.82) is 0 Å². The van der Waals surface area contributed by atoms with Gasteiger partial charge in [-0.1, -0.05) is 6.07 Å². The number of halogens is 1. The molecule has 2 heterocycles. The van der Waals surface area contributed by atoms with Gasteiger partial charge in [0.1, 0.15) is 6.10 Å². The molecule has 5 heteroatoms. The van der Waals surface area contributed by atoms with E-state index in [-0.39, 0.29) is 6.10 Å². The maximum atomic E-state index is 12.9. The number of hydrogen-bond acceptors (Lipinski definition) is 4. The second kappa shape index (κ2) is 5.84. The Morgan fingerprint density at radius 1 is 1.42 bits per heavy atom. The zero-order chi connectivity index (χ0) is 13.9. The van der Waals surface area contributed by atoms with E-state index in [0.29, 0.717) is 12.4 Å². The maximum absolute atomic E-state index is 12.9. The van der Waals surface area contributed by atoms with Gasteiger partial charge in [-0.25, -0.2) is 0 Å². The van der Waals surface area contributed by atoms with Crippen molar-refractivity contribution in [2.45, 2.75) is 38.4 Å². The Morgan fingerprint density at radius 2 is 2.11 bits per heavy atom. The van der Waals surface area contributed by atoms with E-state index in [1.54, 1.807) is 12.1 Å². The lowest BCUT2D eigenvalue weighted by molar-refractivity contribution is 0.0133. The summed E-state index contributed by atoms with van der Waals surface area (Å²) in [6, 6.07) is 4.58. The maximum Gasteiger partial charge on any atom is 0.216 e. The van der Waals surface area contributed by atoms with E-state index < -0.39 is 11.5 Å². The minimum absolute atomic E-state index is 0.0763. The summed E-state index contributed by atoms with van der Waals surface area (Å²) in [4.78, 5) is 5.92. The van der Waals surface area contributed by atoms with Gasteiger partial charge >= 0.3 is 0 Å². The van der Waals surface area contributed by atoms with Crippen LogP contribution in [0.1, 0.15) is 26.7 Å². The van der Waals surface area contributed by atoms with E-state index in [1.807, 2.05) is 13.8 Å². The Balaban J connectivity index is 1.80. The van der Waals surface area contributed by atoms with Crippen LogP contribution in [0.25, 0.3) is 0 Å². The number of piperidine rings is 1. The van der Waals surface area contributed by atoms with Gasteiger partial charge in [0.25, 0.3) is 0 Å². The van der Waals surface area contributed by atoms with Crippen LogP contribution in [-0.2, 0) is 0 Å². The molecule has 1 aliphatic heterocycles. The van der Waals surface area contributed by atoms with Gasteiger partial charge < -0.3 is 14.7 Å². The number of aromatic nitrogens is 1. The molecule has 1 aromatic rings. The highest BCUT2D eigenvalue weighted by atomic mass is 19.1. The van der Waals surface area contributed by atoms with Crippen molar-refractivity contribution in [2.24, 2.45) is 0 Å². The first-order chi connectivity index (χ1) is 8.92. The highest BCUT2D eigenvalue weighted by Gasteiger charge is 2.25. The first kappa shape index (κ1) is 14.2. The number of rotatable bonds is 4. The molecule has 0 saturated carbocycles. The quantitative estimate of drug-likeness (QED) is 0.846. The summed E-state index contributed by atoms with van der Waals surface area (Å²) in [6.45, 7) is 6.05. The van der Waals surface area contributed by atoms with Gasteiger partial charge in [-0.15, -0.1) is 0 Å². The third-order valence-electron chi connectivity index (χ3n) is 3.12. The van der Waals surface area contributed by atoms with Crippen molar-refractivity contribution in [1.82, 2.24) is 9.88 Å². The smallest absolute Gasteiger partial charge is 0.216 e. The molecule has 0 radical (unpaired) electrons. The minimum atomic E-state index is -0.669. The second-order valence-corrected chi connectivity index (χ2v) is 5.70. The van der Waals surface area contributed by atoms with Gasteiger partial charge in [0.05, 0.1) is 5.60 Å². The summed E-state index contributed by atoms with van der Waals surface area (Å²) in [5.74, 6) is -0.169. The molecule has 0 amide bonds. The van der Waals surface area contributed by atoms with Crippen LogP contribution in [0.15, 0.2) is 18.2 Å². The zero-order valence-corrected chi connectivity index (χ0v) is 11.5.